The Morgan fingerprint density at radius 1 is 1.06 bits per heavy atom. The van der Waals surface area contributed by atoms with E-state index in [4.69, 9.17) is 18.3 Å². The van der Waals surface area contributed by atoms with Crippen LogP contribution in [0.2, 0.25) is 0 Å². The first-order valence-corrected chi connectivity index (χ1v) is 14.4. The van der Waals surface area contributed by atoms with E-state index in [-0.39, 0.29) is 23.5 Å². The largest absolute Gasteiger partial charge is 0.519 e. The molecule has 0 saturated heterocycles. The molecule has 1 atom stereocenters. The summed E-state index contributed by atoms with van der Waals surface area (Å²) in [5.41, 5.74) is 5.18. The molecule has 6 rings (SSSR count). The van der Waals surface area contributed by atoms with Crippen LogP contribution in [0.3, 0.4) is 0 Å². The number of imidazole rings is 1. The van der Waals surface area contributed by atoms with E-state index in [1.54, 1.807) is 18.2 Å². The lowest BCUT2D eigenvalue weighted by Gasteiger charge is -2.11. The smallest absolute Gasteiger partial charge is 0.465 e. The normalized spacial score (nSPS) is 11.8. The zero-order chi connectivity index (χ0) is 32.9. The molecule has 3 heterocycles. The molecular formula is C31H27N7O9. The lowest BCUT2D eigenvalue weighted by Crippen LogP contribution is -2.16. The van der Waals surface area contributed by atoms with Gasteiger partial charge < -0.3 is 23.1 Å². The van der Waals surface area contributed by atoms with Crippen molar-refractivity contribution in [3.8, 4) is 28.5 Å². The van der Waals surface area contributed by atoms with Gasteiger partial charge in [0.2, 0.25) is 5.82 Å². The van der Waals surface area contributed by atoms with Gasteiger partial charge in [-0.2, -0.15) is 10.2 Å². The number of hydrogen-bond acceptors (Lipinski definition) is 13. The molecule has 16 nitrogen and oxygen atoms in total. The highest BCUT2D eigenvalue weighted by atomic mass is 17.0. The molecule has 0 radical (unpaired) electrons. The van der Waals surface area contributed by atoms with Crippen molar-refractivity contribution in [2.45, 2.75) is 39.5 Å². The van der Waals surface area contributed by atoms with E-state index in [0.717, 1.165) is 22.3 Å². The highest BCUT2D eigenvalue weighted by Crippen LogP contribution is 2.31. The standard InChI is InChI=1S/C31H27N7O9/c1-3-43-30-32-24-13-12-21(29(39)44-17-27-26(45-31(40)46-27)14-18(2)47-38(41)42)15-25(24)37(30)16-19-8-10-20(11-9-19)22-6-4-5-7-23(22)28-33-35-36-34-28/h4-13,15,18H,3,14,16-17H2,1-2H3,(H,33,34,35,36)/t18-/m0/s1. The lowest BCUT2D eigenvalue weighted by molar-refractivity contribution is -0.767. The van der Waals surface area contributed by atoms with Crippen molar-refractivity contribution in [1.29, 1.82) is 0 Å². The Labute approximate surface area is 265 Å². The minimum absolute atomic E-state index is 0.0173. The van der Waals surface area contributed by atoms with Gasteiger partial charge in [0.15, 0.2) is 18.1 Å². The fourth-order valence-electron chi connectivity index (χ4n) is 5.06. The first kappa shape index (κ1) is 30.7. The van der Waals surface area contributed by atoms with E-state index < -0.39 is 29.6 Å². The Kier molecular flexibility index (Phi) is 8.72. The maximum absolute atomic E-state index is 13.1. The summed E-state index contributed by atoms with van der Waals surface area (Å²) in [5.74, 6) is -1.33. The van der Waals surface area contributed by atoms with E-state index >= 15 is 0 Å². The Hall–Kier alpha value is -6.32. The molecule has 0 fully saturated rings. The molecule has 16 heteroatoms. The summed E-state index contributed by atoms with van der Waals surface area (Å²) in [7, 11) is 0. The van der Waals surface area contributed by atoms with Gasteiger partial charge in [-0.25, -0.2) is 9.59 Å². The van der Waals surface area contributed by atoms with Crippen LogP contribution < -0.4 is 10.6 Å². The molecule has 0 bridgehead atoms. The molecule has 0 spiro atoms. The fourth-order valence-corrected chi connectivity index (χ4v) is 5.06. The van der Waals surface area contributed by atoms with Crippen LogP contribution in [0, 0.1) is 10.1 Å². The summed E-state index contributed by atoms with van der Waals surface area (Å²) < 4.78 is 23.0. The Balaban J connectivity index is 1.22. The number of rotatable bonds is 13. The minimum atomic E-state index is -1.03. The zero-order valence-corrected chi connectivity index (χ0v) is 25.1. The molecule has 0 saturated carbocycles. The average Bonchev–Trinajstić information content (AvgIpc) is 3.79. The highest BCUT2D eigenvalue weighted by molar-refractivity contribution is 5.94. The zero-order valence-electron chi connectivity index (χ0n) is 25.1. The topological polar surface area (TPSA) is 204 Å². The molecule has 1 N–H and O–H groups in total. The number of benzene rings is 3. The molecule has 0 amide bonds. The third-order valence-electron chi connectivity index (χ3n) is 7.14. The number of esters is 1. The van der Waals surface area contributed by atoms with Crippen LogP contribution in [0.4, 0.5) is 0 Å². The van der Waals surface area contributed by atoms with Crippen LogP contribution in [0.1, 0.15) is 41.3 Å². The van der Waals surface area contributed by atoms with Crippen molar-refractivity contribution in [3.63, 3.8) is 0 Å². The van der Waals surface area contributed by atoms with Gasteiger partial charge in [0, 0.05) is 12.0 Å². The van der Waals surface area contributed by atoms with Gasteiger partial charge in [-0.15, -0.1) is 20.3 Å². The average molecular weight is 642 g/mol. The Morgan fingerprint density at radius 2 is 1.83 bits per heavy atom. The molecule has 0 unspecified atom stereocenters. The van der Waals surface area contributed by atoms with Gasteiger partial charge in [0.25, 0.3) is 11.1 Å². The van der Waals surface area contributed by atoms with E-state index in [9.17, 15) is 19.7 Å². The second kappa shape index (κ2) is 13.4. The van der Waals surface area contributed by atoms with Gasteiger partial charge in [-0.3, -0.25) is 4.57 Å². The summed E-state index contributed by atoms with van der Waals surface area (Å²) in [4.78, 5) is 44.4. The molecule has 0 aliphatic carbocycles. The number of aromatic amines is 1. The van der Waals surface area contributed by atoms with Crippen LogP contribution in [-0.2, 0) is 29.1 Å². The van der Waals surface area contributed by atoms with Crippen molar-refractivity contribution in [2.75, 3.05) is 6.61 Å². The number of nitrogens with zero attached hydrogens (tertiary/aromatic N) is 6. The third kappa shape index (κ3) is 6.85. The molecule has 47 heavy (non-hydrogen) atoms. The molecule has 6 aromatic rings. The van der Waals surface area contributed by atoms with Crippen molar-refractivity contribution in [2.24, 2.45) is 0 Å². The van der Waals surface area contributed by atoms with E-state index in [2.05, 4.69) is 30.4 Å². The van der Waals surface area contributed by atoms with E-state index in [1.165, 1.54) is 6.92 Å². The molecular weight excluding hydrogens is 614 g/mol. The Bertz CT molecular complexity index is 2080. The van der Waals surface area contributed by atoms with Gasteiger partial charge in [0.1, 0.15) is 6.10 Å². The van der Waals surface area contributed by atoms with Gasteiger partial charge in [-0.1, -0.05) is 48.5 Å². The van der Waals surface area contributed by atoms with Crippen molar-refractivity contribution >= 4 is 17.0 Å². The molecule has 240 valence electrons. The van der Waals surface area contributed by atoms with Gasteiger partial charge >= 0.3 is 11.8 Å². The summed E-state index contributed by atoms with van der Waals surface area (Å²) >= 11 is 0. The van der Waals surface area contributed by atoms with E-state index in [0.29, 0.717) is 36.0 Å². The van der Waals surface area contributed by atoms with Crippen molar-refractivity contribution in [3.05, 3.63) is 110 Å². The number of hydrogen-bond donors (Lipinski definition) is 1. The maximum Gasteiger partial charge on any atom is 0.519 e. The number of nitrogens with one attached hydrogen (secondary N) is 1. The maximum atomic E-state index is 13.1. The van der Waals surface area contributed by atoms with Gasteiger partial charge in [0.05, 0.1) is 29.7 Å². The number of aromatic nitrogens is 6. The highest BCUT2D eigenvalue weighted by Gasteiger charge is 2.21. The number of H-pyrrole nitrogens is 1. The van der Waals surface area contributed by atoms with Crippen LogP contribution >= 0.6 is 0 Å². The first-order valence-electron chi connectivity index (χ1n) is 14.4. The molecule has 3 aromatic carbocycles. The quantitative estimate of drug-likeness (QED) is 0.106. The summed E-state index contributed by atoms with van der Waals surface area (Å²) in [6.45, 7) is 3.62. The predicted octanol–water partition coefficient (Wildman–Crippen LogP) is 4.37. The number of ether oxygens (including phenoxy) is 2. The third-order valence-corrected chi connectivity index (χ3v) is 7.14. The minimum Gasteiger partial charge on any atom is -0.465 e. The number of carbonyl (C=O) groups excluding carboxylic acids is 1. The molecule has 0 aliphatic rings. The number of fused-ring (bicyclic) bond motifs is 1. The second-order valence-electron chi connectivity index (χ2n) is 10.3. The first-order chi connectivity index (χ1) is 22.8. The van der Waals surface area contributed by atoms with Crippen molar-refractivity contribution in [1.82, 2.24) is 30.2 Å². The monoisotopic (exact) mass is 641 g/mol. The Morgan fingerprint density at radius 3 is 2.55 bits per heavy atom. The summed E-state index contributed by atoms with van der Waals surface area (Å²) in [6, 6.07) is 21.1. The van der Waals surface area contributed by atoms with Crippen molar-refractivity contribution < 1.29 is 33.0 Å². The van der Waals surface area contributed by atoms with E-state index in [1.807, 2.05) is 60.0 Å². The van der Waals surface area contributed by atoms with Gasteiger partial charge in [-0.05, 0) is 54.0 Å². The number of tetrazole rings is 1. The summed E-state index contributed by atoms with van der Waals surface area (Å²) in [5, 5.41) is 24.1. The second-order valence-corrected chi connectivity index (χ2v) is 10.3. The van der Waals surface area contributed by atoms with Crippen LogP contribution in [0.15, 0.2) is 80.4 Å². The lowest BCUT2D eigenvalue weighted by atomic mass is 9.98. The van der Waals surface area contributed by atoms with Crippen LogP contribution in [0.5, 0.6) is 6.01 Å². The molecule has 3 aromatic heterocycles. The van der Waals surface area contributed by atoms with Crippen LogP contribution in [-0.4, -0.2) is 53.9 Å². The predicted molar refractivity (Wildman–Crippen MR) is 163 cm³/mol. The SMILES string of the molecule is CCOc1nc2ccc(C(=O)OCc3oc(=O)oc3C[C@H](C)O[N+](=O)[O-])cc2n1Cc1ccc(-c2ccccc2-c2nn[nH]n2)cc1. The number of carbonyl (C=O) groups is 1. The van der Waals surface area contributed by atoms with Crippen LogP contribution in [0.25, 0.3) is 33.5 Å². The fraction of sp³-hybridized carbons (Fsp3) is 0.226. The summed E-state index contributed by atoms with van der Waals surface area (Å²) in [6.07, 6.45) is -1.07. The molecule has 0 aliphatic heterocycles.